The Hall–Kier alpha value is -1.75. The molecule has 1 aliphatic heterocycles. The standard InChI is InChI=1S/C14H21N3O2/c15-12-7-1-6-11(14(16)19)13(12)17-8-2-4-10(17)5-3-9-18/h1,6-7,10,18H,2-5,8-9,15H2,(H2,16,19). The Morgan fingerprint density at radius 2 is 2.26 bits per heavy atom. The molecule has 0 bridgehead atoms. The molecule has 2 rings (SSSR count). The molecule has 1 aliphatic rings. The third-order valence-electron chi connectivity index (χ3n) is 3.69. The van der Waals surface area contributed by atoms with E-state index in [0.717, 1.165) is 37.9 Å². The molecule has 1 unspecified atom stereocenters. The van der Waals surface area contributed by atoms with Gasteiger partial charge in [-0.25, -0.2) is 0 Å². The van der Waals surface area contributed by atoms with Crippen molar-refractivity contribution in [2.45, 2.75) is 31.7 Å². The van der Waals surface area contributed by atoms with Crippen molar-refractivity contribution < 1.29 is 9.90 Å². The fraction of sp³-hybridized carbons (Fsp3) is 0.500. The summed E-state index contributed by atoms with van der Waals surface area (Å²) in [4.78, 5) is 13.7. The van der Waals surface area contributed by atoms with Gasteiger partial charge in [0, 0.05) is 19.2 Å². The molecule has 1 saturated heterocycles. The third-order valence-corrected chi connectivity index (χ3v) is 3.69. The number of para-hydroxylation sites is 1. The van der Waals surface area contributed by atoms with Gasteiger partial charge in [0.15, 0.2) is 0 Å². The number of nitrogens with two attached hydrogens (primary N) is 2. The van der Waals surface area contributed by atoms with Crippen molar-refractivity contribution in [2.75, 3.05) is 23.8 Å². The maximum atomic E-state index is 11.6. The van der Waals surface area contributed by atoms with Gasteiger partial charge >= 0.3 is 0 Å². The first-order valence-corrected chi connectivity index (χ1v) is 6.71. The van der Waals surface area contributed by atoms with Crippen LogP contribution in [-0.4, -0.2) is 30.2 Å². The van der Waals surface area contributed by atoms with E-state index in [4.69, 9.17) is 16.6 Å². The number of hydrogen-bond acceptors (Lipinski definition) is 4. The highest BCUT2D eigenvalue weighted by atomic mass is 16.2. The minimum Gasteiger partial charge on any atom is -0.397 e. The Morgan fingerprint density at radius 3 is 2.95 bits per heavy atom. The van der Waals surface area contributed by atoms with Crippen molar-refractivity contribution >= 4 is 17.3 Å². The molecule has 5 N–H and O–H groups in total. The van der Waals surface area contributed by atoms with Gasteiger partial charge in [0.05, 0.1) is 16.9 Å². The van der Waals surface area contributed by atoms with Crippen LogP contribution in [0.25, 0.3) is 0 Å². The summed E-state index contributed by atoms with van der Waals surface area (Å²) in [6, 6.07) is 5.59. The fourth-order valence-corrected chi connectivity index (χ4v) is 2.84. The summed E-state index contributed by atoms with van der Waals surface area (Å²) in [5, 5.41) is 8.96. The van der Waals surface area contributed by atoms with Gasteiger partial charge in [-0.15, -0.1) is 0 Å². The minimum atomic E-state index is -0.449. The topological polar surface area (TPSA) is 92.6 Å². The van der Waals surface area contributed by atoms with Crippen molar-refractivity contribution in [3.63, 3.8) is 0 Å². The molecule has 1 fully saturated rings. The molecule has 5 nitrogen and oxygen atoms in total. The number of carbonyl (C=O) groups is 1. The normalized spacial score (nSPS) is 18.8. The Labute approximate surface area is 113 Å². The van der Waals surface area contributed by atoms with Gasteiger partial charge in [-0.05, 0) is 37.8 Å². The van der Waals surface area contributed by atoms with Crippen LogP contribution in [0.3, 0.4) is 0 Å². The number of nitrogens with zero attached hydrogens (tertiary/aromatic N) is 1. The Bertz CT molecular complexity index is 462. The molecule has 19 heavy (non-hydrogen) atoms. The lowest BCUT2D eigenvalue weighted by Gasteiger charge is -2.29. The summed E-state index contributed by atoms with van der Waals surface area (Å²) >= 11 is 0. The Kier molecular flexibility index (Phi) is 4.27. The number of amides is 1. The monoisotopic (exact) mass is 263 g/mol. The number of anilines is 2. The zero-order chi connectivity index (χ0) is 13.8. The van der Waals surface area contributed by atoms with Crippen LogP contribution < -0.4 is 16.4 Å². The van der Waals surface area contributed by atoms with Crippen LogP contribution in [0, 0.1) is 0 Å². The zero-order valence-corrected chi connectivity index (χ0v) is 11.0. The van der Waals surface area contributed by atoms with E-state index in [2.05, 4.69) is 4.90 Å². The van der Waals surface area contributed by atoms with E-state index in [1.54, 1.807) is 18.2 Å². The SMILES string of the molecule is NC(=O)c1cccc(N)c1N1CCCC1CCCO. The van der Waals surface area contributed by atoms with Crippen molar-refractivity contribution in [2.24, 2.45) is 5.73 Å². The van der Waals surface area contributed by atoms with E-state index in [0.29, 0.717) is 17.3 Å². The van der Waals surface area contributed by atoms with Crippen molar-refractivity contribution in [1.82, 2.24) is 0 Å². The maximum absolute atomic E-state index is 11.6. The van der Waals surface area contributed by atoms with E-state index in [-0.39, 0.29) is 6.61 Å². The lowest BCUT2D eigenvalue weighted by Crippen LogP contribution is -2.32. The largest absolute Gasteiger partial charge is 0.397 e. The first-order valence-electron chi connectivity index (χ1n) is 6.71. The molecule has 1 amide bonds. The second-order valence-corrected chi connectivity index (χ2v) is 4.96. The summed E-state index contributed by atoms with van der Waals surface area (Å²) < 4.78 is 0. The Balaban J connectivity index is 2.32. The number of nitrogen functional groups attached to an aromatic ring is 1. The first-order chi connectivity index (χ1) is 9.15. The summed E-state index contributed by atoms with van der Waals surface area (Å²) in [7, 11) is 0. The number of aliphatic hydroxyl groups excluding tert-OH is 1. The maximum Gasteiger partial charge on any atom is 0.250 e. The quantitative estimate of drug-likeness (QED) is 0.694. The van der Waals surface area contributed by atoms with Gasteiger partial charge in [0.2, 0.25) is 0 Å². The van der Waals surface area contributed by atoms with Crippen LogP contribution in [0.5, 0.6) is 0 Å². The molecule has 0 aliphatic carbocycles. The molecular weight excluding hydrogens is 242 g/mol. The first kappa shape index (κ1) is 13.7. The van der Waals surface area contributed by atoms with Crippen LogP contribution >= 0.6 is 0 Å². The molecule has 1 atom stereocenters. The number of benzene rings is 1. The van der Waals surface area contributed by atoms with E-state index < -0.39 is 5.91 Å². The van der Waals surface area contributed by atoms with Crippen LogP contribution in [0.4, 0.5) is 11.4 Å². The summed E-state index contributed by atoms with van der Waals surface area (Å²) in [5.74, 6) is -0.449. The molecule has 104 valence electrons. The van der Waals surface area contributed by atoms with Gasteiger partial charge in [0.1, 0.15) is 0 Å². The molecule has 1 aromatic rings. The number of primary amides is 1. The number of aliphatic hydroxyl groups is 1. The number of carbonyl (C=O) groups excluding carboxylic acids is 1. The van der Waals surface area contributed by atoms with E-state index in [9.17, 15) is 4.79 Å². The van der Waals surface area contributed by atoms with Gasteiger partial charge < -0.3 is 21.5 Å². The molecule has 1 aromatic carbocycles. The second kappa shape index (κ2) is 5.93. The average molecular weight is 263 g/mol. The molecule has 0 spiro atoms. The smallest absolute Gasteiger partial charge is 0.250 e. The van der Waals surface area contributed by atoms with Crippen LogP contribution in [0.2, 0.25) is 0 Å². The zero-order valence-electron chi connectivity index (χ0n) is 11.0. The van der Waals surface area contributed by atoms with Crippen molar-refractivity contribution in [3.8, 4) is 0 Å². The fourth-order valence-electron chi connectivity index (χ4n) is 2.84. The second-order valence-electron chi connectivity index (χ2n) is 4.96. The van der Waals surface area contributed by atoms with Gasteiger partial charge in [-0.1, -0.05) is 6.07 Å². The molecule has 0 radical (unpaired) electrons. The summed E-state index contributed by atoms with van der Waals surface area (Å²) in [5.41, 5.74) is 13.3. The number of hydrogen-bond donors (Lipinski definition) is 3. The van der Waals surface area contributed by atoms with Crippen LogP contribution in [0.1, 0.15) is 36.0 Å². The van der Waals surface area contributed by atoms with E-state index in [1.165, 1.54) is 0 Å². The van der Waals surface area contributed by atoms with Gasteiger partial charge in [-0.2, -0.15) is 0 Å². The van der Waals surface area contributed by atoms with Gasteiger partial charge in [0.25, 0.3) is 5.91 Å². The lowest BCUT2D eigenvalue weighted by molar-refractivity contribution is 0.100. The molecule has 1 heterocycles. The summed E-state index contributed by atoms with van der Waals surface area (Å²) in [6.45, 7) is 1.07. The average Bonchev–Trinajstić information content (AvgIpc) is 2.83. The predicted octanol–water partition coefficient (Wildman–Crippen LogP) is 1.11. The third kappa shape index (κ3) is 2.81. The van der Waals surface area contributed by atoms with E-state index in [1.807, 2.05) is 0 Å². The minimum absolute atomic E-state index is 0.192. The van der Waals surface area contributed by atoms with Crippen LogP contribution in [-0.2, 0) is 0 Å². The highest BCUT2D eigenvalue weighted by Crippen LogP contribution is 2.34. The van der Waals surface area contributed by atoms with Gasteiger partial charge in [-0.3, -0.25) is 4.79 Å². The van der Waals surface area contributed by atoms with E-state index >= 15 is 0 Å². The highest BCUT2D eigenvalue weighted by molar-refractivity contribution is 6.01. The van der Waals surface area contributed by atoms with Crippen molar-refractivity contribution in [1.29, 1.82) is 0 Å². The van der Waals surface area contributed by atoms with Crippen LogP contribution in [0.15, 0.2) is 18.2 Å². The predicted molar refractivity (Wildman–Crippen MR) is 76.1 cm³/mol. The summed E-state index contributed by atoms with van der Waals surface area (Å²) in [6.07, 6.45) is 3.80. The Morgan fingerprint density at radius 1 is 1.47 bits per heavy atom. The molecular formula is C14H21N3O2. The molecule has 0 saturated carbocycles. The molecule has 5 heteroatoms. The highest BCUT2D eigenvalue weighted by Gasteiger charge is 2.28. The number of rotatable bonds is 5. The van der Waals surface area contributed by atoms with Crippen molar-refractivity contribution in [3.05, 3.63) is 23.8 Å². The lowest BCUT2D eigenvalue weighted by atomic mass is 10.1. The molecule has 0 aromatic heterocycles.